The lowest BCUT2D eigenvalue weighted by atomic mass is 9.92. The number of hydrogen-bond acceptors (Lipinski definition) is 6. The number of carbonyl (C=O) groups excluding carboxylic acids is 6. The van der Waals surface area contributed by atoms with E-state index < -0.39 is 41.5 Å². The van der Waals surface area contributed by atoms with Crippen molar-refractivity contribution in [2.45, 2.75) is 31.8 Å². The Labute approximate surface area is 176 Å². The second-order valence-electron chi connectivity index (χ2n) is 8.27. The Morgan fingerprint density at radius 2 is 1.90 bits per heavy atom. The van der Waals surface area contributed by atoms with Crippen molar-refractivity contribution in [1.82, 2.24) is 15.5 Å². The van der Waals surface area contributed by atoms with Crippen LogP contribution in [0.4, 0.5) is 0 Å². The molecule has 31 heavy (non-hydrogen) atoms. The molecule has 4 atom stereocenters. The van der Waals surface area contributed by atoms with Crippen LogP contribution in [0, 0.1) is 17.8 Å². The van der Waals surface area contributed by atoms with E-state index in [1.807, 2.05) is 6.08 Å². The number of imide groups is 2. The molecule has 2 aliphatic carbocycles. The van der Waals surface area contributed by atoms with E-state index in [1.165, 1.54) is 6.07 Å². The quantitative estimate of drug-likeness (QED) is 0.524. The van der Waals surface area contributed by atoms with Crippen molar-refractivity contribution >= 4 is 35.3 Å². The molecule has 158 valence electrons. The van der Waals surface area contributed by atoms with Gasteiger partial charge in [-0.05, 0) is 24.5 Å². The third-order valence-electron chi connectivity index (χ3n) is 6.53. The monoisotopic (exact) mass is 421 g/mol. The van der Waals surface area contributed by atoms with E-state index in [9.17, 15) is 28.8 Å². The van der Waals surface area contributed by atoms with Crippen molar-refractivity contribution in [1.29, 1.82) is 0 Å². The Bertz CT molecular complexity index is 1110. The van der Waals surface area contributed by atoms with Gasteiger partial charge in [0.2, 0.25) is 17.7 Å². The van der Waals surface area contributed by atoms with Crippen LogP contribution in [0.5, 0.6) is 0 Å². The number of ketones is 1. The summed E-state index contributed by atoms with van der Waals surface area (Å²) in [6.45, 7) is 0.0238. The molecule has 2 fully saturated rings. The number of nitrogens with zero attached hydrogens (tertiary/aromatic N) is 1. The molecule has 0 aromatic heterocycles. The molecule has 0 radical (unpaired) electrons. The highest BCUT2D eigenvalue weighted by Gasteiger charge is 2.47. The van der Waals surface area contributed by atoms with Gasteiger partial charge in [0.05, 0.1) is 17.0 Å². The first-order chi connectivity index (χ1) is 14.9. The number of rotatable bonds is 4. The molecule has 0 spiro atoms. The van der Waals surface area contributed by atoms with Gasteiger partial charge in [0, 0.05) is 24.8 Å². The van der Waals surface area contributed by atoms with Crippen LogP contribution in [0.15, 0.2) is 30.4 Å². The molecule has 5 rings (SSSR count). The first-order valence-electron chi connectivity index (χ1n) is 10.2. The zero-order valence-electron chi connectivity index (χ0n) is 16.4. The van der Waals surface area contributed by atoms with Crippen LogP contribution in [0.1, 0.15) is 45.5 Å². The van der Waals surface area contributed by atoms with Crippen LogP contribution in [-0.4, -0.2) is 46.3 Å². The summed E-state index contributed by atoms with van der Waals surface area (Å²) in [5.41, 5.74) is 0.782. The number of allylic oxidation sites excluding steroid dienone is 2. The lowest BCUT2D eigenvalue weighted by Crippen LogP contribution is -2.54. The topological polar surface area (TPSA) is 130 Å². The first-order valence-corrected chi connectivity index (χ1v) is 10.2. The lowest BCUT2D eigenvalue weighted by molar-refractivity contribution is -0.136. The second kappa shape index (κ2) is 6.97. The molecular formula is C22H19N3O6. The van der Waals surface area contributed by atoms with Gasteiger partial charge in [-0.2, -0.15) is 0 Å². The SMILES string of the molecule is O=C1CCC(N2C(=O)c3cccc(CNC(=O)[C@H]4C[C@H]5C=CC4C5=O)c3C2=O)C(=O)N1. The van der Waals surface area contributed by atoms with Gasteiger partial charge >= 0.3 is 0 Å². The maximum atomic E-state index is 13.1. The fraction of sp³-hybridized carbons (Fsp3) is 0.364. The zero-order chi connectivity index (χ0) is 21.9. The molecular weight excluding hydrogens is 402 g/mol. The van der Waals surface area contributed by atoms with E-state index in [0.29, 0.717) is 12.0 Å². The van der Waals surface area contributed by atoms with E-state index in [1.54, 1.807) is 18.2 Å². The highest BCUT2D eigenvalue weighted by Crippen LogP contribution is 2.40. The maximum absolute atomic E-state index is 13.1. The summed E-state index contributed by atoms with van der Waals surface area (Å²) >= 11 is 0. The van der Waals surface area contributed by atoms with Crippen LogP contribution in [0.2, 0.25) is 0 Å². The van der Waals surface area contributed by atoms with Crippen molar-refractivity contribution in [3.63, 3.8) is 0 Å². The largest absolute Gasteiger partial charge is 0.352 e. The van der Waals surface area contributed by atoms with Crippen LogP contribution < -0.4 is 10.6 Å². The van der Waals surface area contributed by atoms with E-state index >= 15 is 0 Å². The van der Waals surface area contributed by atoms with Gasteiger partial charge in [0.1, 0.15) is 11.8 Å². The molecule has 2 bridgehead atoms. The molecule has 2 aliphatic heterocycles. The normalized spacial score (nSPS) is 28.9. The van der Waals surface area contributed by atoms with E-state index in [2.05, 4.69) is 10.6 Å². The van der Waals surface area contributed by atoms with Crippen LogP contribution >= 0.6 is 0 Å². The fourth-order valence-electron chi connectivity index (χ4n) is 4.95. The molecule has 4 aliphatic rings. The molecule has 2 N–H and O–H groups in total. The molecule has 2 unspecified atom stereocenters. The van der Waals surface area contributed by atoms with Crippen LogP contribution in [-0.2, 0) is 25.7 Å². The molecule has 5 amide bonds. The summed E-state index contributed by atoms with van der Waals surface area (Å²) in [6, 6.07) is 3.72. The fourth-order valence-corrected chi connectivity index (χ4v) is 4.95. The van der Waals surface area contributed by atoms with Crippen molar-refractivity contribution in [3.8, 4) is 0 Å². The van der Waals surface area contributed by atoms with Crippen molar-refractivity contribution < 1.29 is 28.8 Å². The molecule has 9 heteroatoms. The van der Waals surface area contributed by atoms with Crippen molar-refractivity contribution in [2.75, 3.05) is 0 Å². The number of amides is 5. The maximum Gasteiger partial charge on any atom is 0.262 e. The van der Waals surface area contributed by atoms with Crippen molar-refractivity contribution in [3.05, 3.63) is 47.0 Å². The van der Waals surface area contributed by atoms with Gasteiger partial charge in [0.25, 0.3) is 11.8 Å². The summed E-state index contributed by atoms with van der Waals surface area (Å²) < 4.78 is 0. The number of nitrogens with one attached hydrogen (secondary N) is 2. The van der Waals surface area contributed by atoms with Crippen molar-refractivity contribution in [2.24, 2.45) is 17.8 Å². The molecule has 1 aromatic carbocycles. The minimum atomic E-state index is -1.04. The smallest absolute Gasteiger partial charge is 0.262 e. The third-order valence-corrected chi connectivity index (χ3v) is 6.53. The van der Waals surface area contributed by atoms with Gasteiger partial charge < -0.3 is 5.32 Å². The summed E-state index contributed by atoms with van der Waals surface area (Å²) in [7, 11) is 0. The third kappa shape index (κ3) is 2.91. The lowest BCUT2D eigenvalue weighted by Gasteiger charge is -2.27. The minimum absolute atomic E-state index is 0.0238. The predicted octanol–water partition coefficient (Wildman–Crippen LogP) is 0.0952. The van der Waals surface area contributed by atoms with E-state index in [0.717, 1.165) is 4.90 Å². The predicted molar refractivity (Wildman–Crippen MR) is 104 cm³/mol. The average molecular weight is 421 g/mol. The Morgan fingerprint density at radius 1 is 1.10 bits per heavy atom. The summed E-state index contributed by atoms with van der Waals surface area (Å²) in [4.78, 5) is 75.1. The molecule has 2 heterocycles. The Morgan fingerprint density at radius 3 is 2.58 bits per heavy atom. The molecule has 1 aromatic rings. The Kier molecular flexibility index (Phi) is 4.35. The number of carbonyl (C=O) groups is 6. The molecule has 1 saturated heterocycles. The van der Waals surface area contributed by atoms with Crippen LogP contribution in [0.3, 0.4) is 0 Å². The van der Waals surface area contributed by atoms with Gasteiger partial charge in [-0.1, -0.05) is 24.3 Å². The number of hydrogen-bond donors (Lipinski definition) is 2. The first kappa shape index (κ1) is 19.3. The van der Waals surface area contributed by atoms with E-state index in [-0.39, 0.29) is 48.1 Å². The number of Topliss-reactive ketones (excluding diaryl/α,β-unsaturated/α-hetero) is 1. The van der Waals surface area contributed by atoms with Gasteiger partial charge in [-0.25, -0.2) is 0 Å². The zero-order valence-corrected chi connectivity index (χ0v) is 16.4. The minimum Gasteiger partial charge on any atom is -0.352 e. The average Bonchev–Trinajstić information content (AvgIpc) is 3.35. The highest BCUT2D eigenvalue weighted by atomic mass is 16.2. The number of benzene rings is 1. The van der Waals surface area contributed by atoms with Crippen LogP contribution in [0.25, 0.3) is 0 Å². The van der Waals surface area contributed by atoms with Gasteiger partial charge in [0.15, 0.2) is 0 Å². The number of piperidine rings is 1. The number of fused-ring (bicyclic) bond motifs is 3. The molecule has 9 nitrogen and oxygen atoms in total. The van der Waals surface area contributed by atoms with Gasteiger partial charge in [-0.15, -0.1) is 0 Å². The Hall–Kier alpha value is -3.62. The second-order valence-corrected chi connectivity index (χ2v) is 8.27. The standard InChI is InChI=1S/C22H19N3O6/c26-16-7-6-15(20(29)24-16)25-21(30)13-3-1-2-11(17(13)22(25)31)9-23-19(28)14-8-10-4-5-12(14)18(10)27/h1-5,10,12,14-15H,6-9H2,(H,23,28)(H,24,26,29)/t10-,12?,14+,15?/m1/s1. The summed E-state index contributed by atoms with van der Waals surface area (Å²) in [5, 5.41) is 4.95. The molecule has 1 saturated carbocycles. The van der Waals surface area contributed by atoms with E-state index in [4.69, 9.17) is 0 Å². The summed E-state index contributed by atoms with van der Waals surface area (Å²) in [5.74, 6) is -3.51. The Balaban J connectivity index is 1.34. The highest BCUT2D eigenvalue weighted by molar-refractivity contribution is 6.24. The van der Waals surface area contributed by atoms with Gasteiger partial charge in [-0.3, -0.25) is 39.0 Å². The summed E-state index contributed by atoms with van der Waals surface area (Å²) in [6.07, 6.45) is 4.23.